The minimum absolute atomic E-state index is 0.00565. The van der Waals surface area contributed by atoms with Gasteiger partial charge in [-0.1, -0.05) is 24.3 Å². The summed E-state index contributed by atoms with van der Waals surface area (Å²) in [4.78, 5) is 27.8. The van der Waals surface area contributed by atoms with Crippen molar-refractivity contribution in [2.45, 2.75) is 55.9 Å². The summed E-state index contributed by atoms with van der Waals surface area (Å²) in [5.74, 6) is 1.20. The van der Waals surface area contributed by atoms with Crippen LogP contribution in [-0.2, 0) is 22.4 Å². The lowest BCUT2D eigenvalue weighted by Gasteiger charge is -2.29. The van der Waals surface area contributed by atoms with E-state index in [0.29, 0.717) is 24.8 Å². The molecule has 2 aliphatic heterocycles. The molecule has 1 aliphatic carbocycles. The smallest absolute Gasteiger partial charge is 0.241 e. The predicted octanol–water partition coefficient (Wildman–Crippen LogP) is 1.77. The van der Waals surface area contributed by atoms with Crippen LogP contribution in [0.1, 0.15) is 36.8 Å². The Kier molecular flexibility index (Phi) is 5.85. The molecule has 1 aromatic rings. The Morgan fingerprint density at radius 2 is 2.04 bits per heavy atom. The molecule has 0 saturated carbocycles. The molecule has 0 aromatic heterocycles. The van der Waals surface area contributed by atoms with Crippen molar-refractivity contribution in [3.05, 3.63) is 35.4 Å². The first kappa shape index (κ1) is 19.0. The van der Waals surface area contributed by atoms with Gasteiger partial charge in [0.25, 0.3) is 0 Å². The van der Waals surface area contributed by atoms with Crippen molar-refractivity contribution < 1.29 is 14.7 Å². The van der Waals surface area contributed by atoms with E-state index in [1.54, 1.807) is 16.7 Å². The number of carbonyl (C=O) groups excluding carboxylic acids is 2. The molecule has 2 unspecified atom stereocenters. The van der Waals surface area contributed by atoms with E-state index >= 15 is 0 Å². The molecule has 2 heterocycles. The van der Waals surface area contributed by atoms with Crippen molar-refractivity contribution in [3.63, 3.8) is 0 Å². The van der Waals surface area contributed by atoms with Crippen molar-refractivity contribution in [1.29, 1.82) is 0 Å². The highest BCUT2D eigenvalue weighted by atomic mass is 32.2. The van der Waals surface area contributed by atoms with Gasteiger partial charge in [0.15, 0.2) is 0 Å². The van der Waals surface area contributed by atoms with Crippen LogP contribution in [-0.4, -0.2) is 58.1 Å². The second-order valence-corrected chi connectivity index (χ2v) is 9.10. The number of fused-ring (bicyclic) bond motifs is 1. The lowest BCUT2D eigenvalue weighted by atomic mass is 9.81. The Labute approximate surface area is 164 Å². The molecular weight excluding hydrogens is 360 g/mol. The van der Waals surface area contributed by atoms with Gasteiger partial charge < -0.3 is 10.0 Å². The van der Waals surface area contributed by atoms with Gasteiger partial charge >= 0.3 is 0 Å². The molecule has 146 valence electrons. The molecule has 1 amide bonds. The molecule has 0 bridgehead atoms. The first-order chi connectivity index (χ1) is 13.2. The Morgan fingerprint density at radius 3 is 2.85 bits per heavy atom. The third-order valence-electron chi connectivity index (χ3n) is 6.26. The van der Waals surface area contributed by atoms with E-state index in [2.05, 4.69) is 29.6 Å². The van der Waals surface area contributed by atoms with Gasteiger partial charge in [-0.05, 0) is 49.1 Å². The van der Waals surface area contributed by atoms with Crippen LogP contribution in [0, 0.1) is 5.92 Å². The summed E-state index contributed by atoms with van der Waals surface area (Å²) in [5, 5.41) is 12.4. The van der Waals surface area contributed by atoms with Gasteiger partial charge in [0.1, 0.15) is 11.8 Å². The molecule has 0 spiro atoms. The molecule has 2 N–H and O–H groups in total. The van der Waals surface area contributed by atoms with Crippen LogP contribution < -0.4 is 5.32 Å². The molecule has 2 saturated heterocycles. The first-order valence-electron chi connectivity index (χ1n) is 10.0. The number of aryl methyl sites for hydroxylation is 1. The van der Waals surface area contributed by atoms with Gasteiger partial charge in [-0.2, -0.15) is 0 Å². The predicted molar refractivity (Wildman–Crippen MR) is 107 cm³/mol. The maximum Gasteiger partial charge on any atom is 0.241 e. The zero-order chi connectivity index (χ0) is 18.8. The van der Waals surface area contributed by atoms with E-state index in [1.807, 2.05) is 0 Å². The summed E-state index contributed by atoms with van der Waals surface area (Å²) < 4.78 is 0. The molecule has 2 fully saturated rings. The first-order valence-corrected chi connectivity index (χ1v) is 11.1. The van der Waals surface area contributed by atoms with Crippen LogP contribution in [0.3, 0.4) is 0 Å². The summed E-state index contributed by atoms with van der Waals surface area (Å²) in [5.41, 5.74) is 2.78. The summed E-state index contributed by atoms with van der Waals surface area (Å²) in [6, 6.07) is 7.99. The van der Waals surface area contributed by atoms with Gasteiger partial charge in [-0.15, -0.1) is 11.8 Å². The number of rotatable bonds is 5. The minimum Gasteiger partial charge on any atom is -0.394 e. The van der Waals surface area contributed by atoms with Gasteiger partial charge in [0.05, 0.1) is 17.9 Å². The van der Waals surface area contributed by atoms with Crippen molar-refractivity contribution in [3.8, 4) is 0 Å². The lowest BCUT2D eigenvalue weighted by molar-refractivity contribution is -0.136. The Balaban J connectivity index is 1.39. The van der Waals surface area contributed by atoms with Crippen molar-refractivity contribution in [2.24, 2.45) is 5.92 Å². The number of aliphatic hydroxyl groups is 1. The molecule has 4 atom stereocenters. The standard InChI is InChI=1S/C21H28N2O3S/c24-12-17-6-3-9-23(17)21(26)19-20(27-13-22-19)18(25)11-14-7-8-15-4-1-2-5-16(15)10-14/h1-2,4-5,14,17,19-20,22,24H,3,6-13H2/t14?,17-,19-,20?/m0/s1. The van der Waals surface area contributed by atoms with Crippen molar-refractivity contribution in [1.82, 2.24) is 10.2 Å². The van der Waals surface area contributed by atoms with Crippen LogP contribution in [0.5, 0.6) is 0 Å². The molecule has 5 nitrogen and oxygen atoms in total. The number of nitrogens with one attached hydrogen (secondary N) is 1. The second-order valence-electron chi connectivity index (χ2n) is 7.97. The highest BCUT2D eigenvalue weighted by Gasteiger charge is 2.42. The van der Waals surface area contributed by atoms with E-state index in [9.17, 15) is 14.7 Å². The van der Waals surface area contributed by atoms with Crippen LogP contribution in [0.2, 0.25) is 0 Å². The largest absolute Gasteiger partial charge is 0.394 e. The van der Waals surface area contributed by atoms with Gasteiger partial charge in [0, 0.05) is 18.8 Å². The number of ketones is 1. The molecule has 6 heteroatoms. The van der Waals surface area contributed by atoms with E-state index in [4.69, 9.17) is 0 Å². The molecule has 1 aromatic carbocycles. The van der Waals surface area contributed by atoms with E-state index in [-0.39, 0.29) is 29.6 Å². The minimum atomic E-state index is -0.439. The van der Waals surface area contributed by atoms with Crippen molar-refractivity contribution in [2.75, 3.05) is 19.0 Å². The molecule has 3 aliphatic rings. The zero-order valence-electron chi connectivity index (χ0n) is 15.6. The number of benzene rings is 1. The lowest BCUT2D eigenvalue weighted by Crippen LogP contribution is -2.52. The van der Waals surface area contributed by atoms with Crippen molar-refractivity contribution >= 4 is 23.5 Å². The van der Waals surface area contributed by atoms with E-state index in [0.717, 1.165) is 32.1 Å². The number of likely N-dealkylation sites (tertiary alicyclic amines) is 1. The monoisotopic (exact) mass is 388 g/mol. The highest BCUT2D eigenvalue weighted by Crippen LogP contribution is 2.32. The fourth-order valence-corrected chi connectivity index (χ4v) is 5.91. The second kappa shape index (κ2) is 8.33. The quantitative estimate of drug-likeness (QED) is 0.805. The summed E-state index contributed by atoms with van der Waals surface area (Å²) >= 11 is 1.56. The van der Waals surface area contributed by atoms with E-state index in [1.165, 1.54) is 11.1 Å². The third kappa shape index (κ3) is 3.93. The van der Waals surface area contributed by atoms with Crippen LogP contribution in [0.15, 0.2) is 24.3 Å². The third-order valence-corrected chi connectivity index (χ3v) is 7.49. The normalized spacial score (nSPS) is 30.3. The maximum atomic E-state index is 13.0. The van der Waals surface area contributed by atoms with Crippen LogP contribution >= 0.6 is 11.8 Å². The topological polar surface area (TPSA) is 69.6 Å². The average Bonchev–Trinajstić information content (AvgIpc) is 3.36. The number of hydrogen-bond acceptors (Lipinski definition) is 5. The number of thioether (sulfide) groups is 1. The highest BCUT2D eigenvalue weighted by molar-refractivity contribution is 8.00. The molecule has 4 rings (SSSR count). The van der Waals surface area contributed by atoms with Gasteiger partial charge in [-0.25, -0.2) is 0 Å². The van der Waals surface area contributed by atoms with Gasteiger partial charge in [0.2, 0.25) is 5.91 Å². The fraction of sp³-hybridized carbons (Fsp3) is 0.619. The average molecular weight is 389 g/mol. The zero-order valence-corrected chi connectivity index (χ0v) is 16.4. The Morgan fingerprint density at radius 1 is 1.22 bits per heavy atom. The molecule has 27 heavy (non-hydrogen) atoms. The number of Topliss-reactive ketones (excluding diaryl/α,β-unsaturated/α-hetero) is 1. The molecule has 0 radical (unpaired) electrons. The number of nitrogens with zero attached hydrogens (tertiary/aromatic N) is 1. The SMILES string of the molecule is O=C(CC1CCc2ccccc2C1)C1SCN[C@@H]1C(=O)N1CCC[C@H]1CO. The summed E-state index contributed by atoms with van der Waals surface area (Å²) in [6.07, 6.45) is 5.38. The number of amides is 1. The summed E-state index contributed by atoms with van der Waals surface area (Å²) in [6.45, 7) is 0.693. The van der Waals surface area contributed by atoms with Gasteiger partial charge in [-0.3, -0.25) is 14.9 Å². The number of carbonyl (C=O) groups is 2. The Bertz CT molecular complexity index is 710. The number of aliphatic hydroxyl groups excluding tert-OH is 1. The number of hydrogen-bond donors (Lipinski definition) is 2. The molecular formula is C21H28N2O3S. The Hall–Kier alpha value is -1.37. The summed E-state index contributed by atoms with van der Waals surface area (Å²) in [7, 11) is 0. The maximum absolute atomic E-state index is 13.0. The fourth-order valence-electron chi connectivity index (χ4n) is 4.77. The van der Waals surface area contributed by atoms with Crippen LogP contribution in [0.25, 0.3) is 0 Å². The van der Waals surface area contributed by atoms with E-state index < -0.39 is 6.04 Å². The van der Waals surface area contributed by atoms with Crippen LogP contribution in [0.4, 0.5) is 0 Å².